The molecule has 0 amide bonds. The molecule has 2 N–H and O–H groups in total. The highest BCUT2D eigenvalue weighted by atomic mass is 32.2. The summed E-state index contributed by atoms with van der Waals surface area (Å²) >= 11 is 0.779. The summed E-state index contributed by atoms with van der Waals surface area (Å²) in [5.74, 6) is -4.15. The van der Waals surface area contributed by atoms with Gasteiger partial charge in [-0.2, -0.15) is 31.4 Å². The Morgan fingerprint density at radius 3 is 2.11 bits per heavy atom. The van der Waals surface area contributed by atoms with E-state index in [1.165, 1.54) is 19.2 Å². The highest BCUT2D eigenvalue weighted by Crippen LogP contribution is 2.35. The molecular formula is C18H22F6N4O6S2. The van der Waals surface area contributed by atoms with Gasteiger partial charge in [-0.3, -0.25) is 9.48 Å². The van der Waals surface area contributed by atoms with Crippen LogP contribution in [0.25, 0.3) is 10.6 Å². The molecule has 0 spiro atoms. The van der Waals surface area contributed by atoms with E-state index >= 15 is 0 Å². The molecule has 0 unspecified atom stereocenters. The van der Waals surface area contributed by atoms with Crippen LogP contribution >= 0.6 is 11.3 Å². The minimum absolute atomic E-state index is 0.122. The molecule has 18 heteroatoms. The number of nitrogens with one attached hydrogen (secondary N) is 1. The molecule has 2 heterocycles. The molecule has 0 aliphatic heterocycles. The summed E-state index contributed by atoms with van der Waals surface area (Å²) in [5.41, 5.74) is -0.951. The van der Waals surface area contributed by atoms with Gasteiger partial charge in [0.2, 0.25) is 0 Å². The Hall–Kier alpha value is -2.70. The predicted molar refractivity (Wildman–Crippen MR) is 112 cm³/mol. The van der Waals surface area contributed by atoms with Crippen molar-refractivity contribution >= 4 is 33.3 Å². The summed E-state index contributed by atoms with van der Waals surface area (Å²) in [5, 5.41) is 21.3. The van der Waals surface area contributed by atoms with E-state index in [0.717, 1.165) is 22.1 Å². The van der Waals surface area contributed by atoms with Crippen LogP contribution in [-0.2, 0) is 32.8 Å². The fourth-order valence-electron chi connectivity index (χ4n) is 2.73. The van der Waals surface area contributed by atoms with E-state index in [4.69, 9.17) is 15.0 Å². The third-order valence-corrected chi connectivity index (χ3v) is 7.13. The molecule has 10 nitrogen and oxygen atoms in total. The summed E-state index contributed by atoms with van der Waals surface area (Å²) in [6.45, 7) is 0.237. The Bertz CT molecular complexity index is 1180. The molecule has 2 aromatic rings. The number of aliphatic carboxylic acids is 2. The van der Waals surface area contributed by atoms with Crippen LogP contribution in [0.5, 0.6) is 0 Å². The number of alkyl halides is 6. The van der Waals surface area contributed by atoms with Crippen LogP contribution in [0.4, 0.5) is 26.3 Å². The van der Waals surface area contributed by atoms with Crippen LogP contribution in [0.1, 0.15) is 12.1 Å². The van der Waals surface area contributed by atoms with Crippen molar-refractivity contribution in [1.29, 1.82) is 0 Å². The first-order valence-electron chi connectivity index (χ1n) is 9.57. The molecule has 0 radical (unpaired) electrons. The van der Waals surface area contributed by atoms with Gasteiger partial charge < -0.3 is 19.5 Å². The molecule has 2 rings (SSSR count). The van der Waals surface area contributed by atoms with Gasteiger partial charge in [0.15, 0.2) is 5.69 Å². The van der Waals surface area contributed by atoms with E-state index in [1.807, 2.05) is 0 Å². The van der Waals surface area contributed by atoms with Gasteiger partial charge in [-0.1, -0.05) is 0 Å². The van der Waals surface area contributed by atoms with Crippen molar-refractivity contribution in [3.63, 3.8) is 0 Å². The number of sulfonamides is 1. The lowest BCUT2D eigenvalue weighted by atomic mass is 10.2. The third kappa shape index (κ3) is 9.75. The van der Waals surface area contributed by atoms with Gasteiger partial charge in [-0.05, 0) is 18.2 Å². The first-order valence-corrected chi connectivity index (χ1v) is 11.9. The predicted octanol–water partition coefficient (Wildman–Crippen LogP) is 1.29. The average molecular weight is 569 g/mol. The number of hydrogen-bond donors (Lipinski definition) is 2. The topological polar surface area (TPSA) is 141 Å². The van der Waals surface area contributed by atoms with Crippen LogP contribution in [0, 0.1) is 0 Å². The number of carboxylic acids is 2. The number of rotatable bonds is 8. The Morgan fingerprint density at radius 2 is 1.72 bits per heavy atom. The van der Waals surface area contributed by atoms with Crippen LogP contribution < -0.4 is 9.83 Å². The number of aryl methyl sites for hydroxylation is 1. The Balaban J connectivity index is 0.000000809. The largest absolute Gasteiger partial charge is 0.542 e. The van der Waals surface area contributed by atoms with Gasteiger partial charge in [0.05, 0.1) is 50.7 Å². The average Bonchev–Trinajstić information content (AvgIpc) is 3.25. The minimum atomic E-state index is -5.19. The normalized spacial score (nSPS) is 13.6. The second-order valence-electron chi connectivity index (χ2n) is 8.33. The number of quaternary nitrogens is 1. The second-order valence-corrected chi connectivity index (χ2v) is 11.4. The Kier molecular flexibility index (Phi) is 9.69. The van der Waals surface area contributed by atoms with Crippen molar-refractivity contribution in [2.75, 3.05) is 27.7 Å². The van der Waals surface area contributed by atoms with Crippen molar-refractivity contribution in [2.24, 2.45) is 7.05 Å². The van der Waals surface area contributed by atoms with E-state index in [2.05, 4.69) is 9.82 Å². The standard InChI is InChI=1S/C16H21F3N4O4S2.C2HF3O2/c1-22-11(8-13(20-22)16(17,18)19)12-5-6-15(28-12)29(26,27)21-10(7-14(24)25)9-23(2,3)4;3-2(4,5)1(6)7/h5-6,8,10,21H,7,9H2,1-4H3;(H,6,7)/t10-;/m1./s1. The molecule has 0 aliphatic carbocycles. The van der Waals surface area contributed by atoms with Crippen LogP contribution in [0.3, 0.4) is 0 Å². The zero-order valence-electron chi connectivity index (χ0n) is 19.1. The molecule has 0 aliphatic rings. The van der Waals surface area contributed by atoms with Gasteiger partial charge in [0, 0.05) is 7.05 Å². The van der Waals surface area contributed by atoms with Gasteiger partial charge >= 0.3 is 18.3 Å². The first kappa shape index (κ1) is 31.3. The SMILES string of the molecule is Cn1nc(C(F)(F)F)cc1-c1ccc(S(=O)(=O)N[C@H](CC(=O)O)C[N+](C)(C)C)s1.O=C([O-])C(F)(F)F. The molecular weight excluding hydrogens is 546 g/mol. The van der Waals surface area contributed by atoms with Crippen LogP contribution in [0.15, 0.2) is 22.4 Å². The molecule has 0 saturated carbocycles. The fourth-order valence-corrected chi connectivity index (χ4v) is 5.33. The van der Waals surface area contributed by atoms with E-state index < -0.39 is 52.5 Å². The molecule has 204 valence electrons. The maximum atomic E-state index is 12.8. The summed E-state index contributed by atoms with van der Waals surface area (Å²) in [6.07, 6.45) is -10.2. The first-order chi connectivity index (χ1) is 16.0. The molecule has 0 saturated heterocycles. The van der Waals surface area contributed by atoms with E-state index in [-0.39, 0.29) is 21.3 Å². The number of carbonyl (C=O) groups is 2. The van der Waals surface area contributed by atoms with Crippen molar-refractivity contribution < 1.29 is 59.0 Å². The van der Waals surface area contributed by atoms with Gasteiger partial charge in [0.25, 0.3) is 10.0 Å². The summed E-state index contributed by atoms with van der Waals surface area (Å²) in [6, 6.07) is 2.66. The molecule has 1 atom stereocenters. The molecule has 2 aromatic heterocycles. The lowest BCUT2D eigenvalue weighted by Crippen LogP contribution is -2.49. The number of carboxylic acid groups (broad SMARTS) is 2. The van der Waals surface area contributed by atoms with Crippen molar-refractivity contribution in [3.8, 4) is 10.6 Å². The quantitative estimate of drug-likeness (QED) is 0.361. The fraction of sp³-hybridized carbons (Fsp3) is 0.500. The number of nitrogens with zero attached hydrogens (tertiary/aromatic N) is 3. The number of carbonyl (C=O) groups excluding carboxylic acids is 1. The molecule has 0 aromatic carbocycles. The second kappa shape index (κ2) is 11.1. The van der Waals surface area contributed by atoms with Gasteiger partial charge in [-0.25, -0.2) is 13.1 Å². The van der Waals surface area contributed by atoms with Crippen LogP contribution in [-0.4, -0.2) is 79.6 Å². The van der Waals surface area contributed by atoms with Crippen molar-refractivity contribution in [1.82, 2.24) is 14.5 Å². The zero-order chi connectivity index (χ0) is 28.3. The van der Waals surface area contributed by atoms with Gasteiger partial charge in [-0.15, -0.1) is 11.3 Å². The maximum Gasteiger partial charge on any atom is 0.435 e. The van der Waals surface area contributed by atoms with E-state index in [9.17, 15) is 39.6 Å². The monoisotopic (exact) mass is 568 g/mol. The van der Waals surface area contributed by atoms with Gasteiger partial charge in [0.1, 0.15) is 10.2 Å². The maximum absolute atomic E-state index is 12.8. The van der Waals surface area contributed by atoms with E-state index in [1.54, 1.807) is 21.1 Å². The lowest BCUT2D eigenvalue weighted by molar-refractivity contribution is -0.871. The zero-order valence-corrected chi connectivity index (χ0v) is 20.8. The van der Waals surface area contributed by atoms with E-state index in [0.29, 0.717) is 4.48 Å². The number of likely N-dealkylation sites (N-methyl/N-ethyl adjacent to an activating group) is 1. The summed E-state index contributed by atoms with van der Waals surface area (Å²) in [4.78, 5) is 20.2. The summed E-state index contributed by atoms with van der Waals surface area (Å²) in [7, 11) is 2.67. The summed E-state index contributed by atoms with van der Waals surface area (Å²) < 4.78 is 99.1. The highest BCUT2D eigenvalue weighted by Gasteiger charge is 2.35. The van der Waals surface area contributed by atoms with Crippen molar-refractivity contribution in [2.45, 2.75) is 29.0 Å². The van der Waals surface area contributed by atoms with Crippen molar-refractivity contribution in [3.05, 3.63) is 23.9 Å². The molecule has 0 bridgehead atoms. The Labute approximate surface area is 205 Å². The minimum Gasteiger partial charge on any atom is -0.542 e. The van der Waals surface area contributed by atoms with Crippen LogP contribution in [0.2, 0.25) is 0 Å². The smallest absolute Gasteiger partial charge is 0.435 e. The number of hydrogen-bond acceptors (Lipinski definition) is 7. The number of thiophene rings is 1. The Morgan fingerprint density at radius 1 is 1.19 bits per heavy atom. The lowest BCUT2D eigenvalue weighted by Gasteiger charge is -2.28. The number of halogens is 6. The highest BCUT2D eigenvalue weighted by molar-refractivity contribution is 7.91. The molecule has 0 fully saturated rings. The third-order valence-electron chi connectivity index (χ3n) is 4.01. The molecule has 36 heavy (non-hydrogen) atoms. The number of aromatic nitrogens is 2.